The fraction of sp³-hybridized carbons (Fsp3) is 0.308. The third-order valence-electron chi connectivity index (χ3n) is 2.58. The van der Waals surface area contributed by atoms with Gasteiger partial charge in [-0.05, 0) is 24.6 Å². The van der Waals surface area contributed by atoms with Crippen LogP contribution in [0, 0.1) is 0 Å². The van der Waals surface area contributed by atoms with E-state index >= 15 is 0 Å². The summed E-state index contributed by atoms with van der Waals surface area (Å²) in [5.41, 5.74) is 7.72. The van der Waals surface area contributed by atoms with Crippen molar-refractivity contribution in [2.45, 2.75) is 26.6 Å². The van der Waals surface area contributed by atoms with Crippen molar-refractivity contribution in [3.05, 3.63) is 47.8 Å². The fourth-order valence-electron chi connectivity index (χ4n) is 1.54. The highest BCUT2D eigenvalue weighted by Gasteiger charge is 1.99. The number of nitrogens with zero attached hydrogens (tertiary/aromatic N) is 2. The monoisotopic (exact) mass is 231 g/mol. The minimum Gasteiger partial charge on any atom is -0.489 e. The van der Waals surface area contributed by atoms with Crippen LogP contribution in [0.2, 0.25) is 0 Å². The molecule has 0 amide bonds. The van der Waals surface area contributed by atoms with Crippen LogP contribution in [0.3, 0.4) is 0 Å². The molecule has 0 unspecified atom stereocenters. The van der Waals surface area contributed by atoms with Crippen molar-refractivity contribution in [1.29, 1.82) is 0 Å². The zero-order valence-electron chi connectivity index (χ0n) is 9.97. The van der Waals surface area contributed by atoms with E-state index in [0.29, 0.717) is 13.2 Å². The van der Waals surface area contributed by atoms with Crippen molar-refractivity contribution >= 4 is 0 Å². The zero-order chi connectivity index (χ0) is 12.1. The van der Waals surface area contributed by atoms with Crippen molar-refractivity contribution < 1.29 is 4.74 Å². The van der Waals surface area contributed by atoms with Gasteiger partial charge in [-0.15, -0.1) is 0 Å². The Bertz CT molecular complexity index is 462. The lowest BCUT2D eigenvalue weighted by Crippen LogP contribution is -1.97. The zero-order valence-corrected chi connectivity index (χ0v) is 9.97. The summed E-state index contributed by atoms with van der Waals surface area (Å²) in [7, 11) is 0. The predicted octanol–water partition coefficient (Wildman–Crippen LogP) is 1.94. The van der Waals surface area contributed by atoms with Gasteiger partial charge in [-0.1, -0.05) is 12.1 Å². The summed E-state index contributed by atoms with van der Waals surface area (Å²) < 4.78 is 7.54. The maximum Gasteiger partial charge on any atom is 0.119 e. The van der Waals surface area contributed by atoms with E-state index in [0.717, 1.165) is 23.4 Å². The quantitative estimate of drug-likeness (QED) is 0.855. The van der Waals surface area contributed by atoms with Gasteiger partial charge in [0.25, 0.3) is 0 Å². The van der Waals surface area contributed by atoms with E-state index in [-0.39, 0.29) is 0 Å². The van der Waals surface area contributed by atoms with Crippen LogP contribution >= 0.6 is 0 Å². The summed E-state index contributed by atoms with van der Waals surface area (Å²) in [6.07, 6.45) is 3.83. The first-order chi connectivity index (χ1) is 8.31. The van der Waals surface area contributed by atoms with E-state index in [4.69, 9.17) is 10.5 Å². The molecule has 1 heterocycles. The molecule has 1 aromatic carbocycles. The molecule has 4 nitrogen and oxygen atoms in total. The minimum absolute atomic E-state index is 0.544. The molecule has 0 atom stereocenters. The van der Waals surface area contributed by atoms with Crippen molar-refractivity contribution in [1.82, 2.24) is 9.78 Å². The fourth-order valence-corrected chi connectivity index (χ4v) is 1.54. The second-order valence-corrected chi connectivity index (χ2v) is 3.84. The van der Waals surface area contributed by atoms with Gasteiger partial charge in [-0.3, -0.25) is 4.68 Å². The summed E-state index contributed by atoms with van der Waals surface area (Å²) in [4.78, 5) is 0. The first-order valence-electron chi connectivity index (χ1n) is 5.75. The average Bonchev–Trinajstić information content (AvgIpc) is 2.85. The SMILES string of the molecule is CCn1cc(COc2ccc(CN)cc2)cn1. The van der Waals surface area contributed by atoms with Gasteiger partial charge in [-0.2, -0.15) is 5.10 Å². The highest BCUT2D eigenvalue weighted by atomic mass is 16.5. The molecule has 0 saturated heterocycles. The third-order valence-corrected chi connectivity index (χ3v) is 2.58. The molecule has 0 radical (unpaired) electrons. The summed E-state index contributed by atoms with van der Waals surface area (Å²) >= 11 is 0. The number of hydrogen-bond acceptors (Lipinski definition) is 3. The lowest BCUT2D eigenvalue weighted by atomic mass is 10.2. The van der Waals surface area contributed by atoms with E-state index in [1.807, 2.05) is 41.3 Å². The molecule has 0 spiro atoms. The Kier molecular flexibility index (Phi) is 3.77. The molecule has 2 N–H and O–H groups in total. The molecule has 0 aliphatic rings. The second kappa shape index (κ2) is 5.50. The molecule has 0 saturated carbocycles. The van der Waals surface area contributed by atoms with Gasteiger partial charge in [0.15, 0.2) is 0 Å². The molecule has 0 aliphatic carbocycles. The Labute approximate surface area is 101 Å². The van der Waals surface area contributed by atoms with Gasteiger partial charge in [-0.25, -0.2) is 0 Å². The Morgan fingerprint density at radius 2 is 2.00 bits per heavy atom. The van der Waals surface area contributed by atoms with Gasteiger partial charge in [0.1, 0.15) is 12.4 Å². The summed E-state index contributed by atoms with van der Waals surface area (Å²) in [5, 5.41) is 4.19. The molecule has 2 aromatic rings. The van der Waals surface area contributed by atoms with E-state index in [1.165, 1.54) is 0 Å². The molecule has 2 rings (SSSR count). The number of ether oxygens (including phenoxy) is 1. The molecule has 1 aromatic heterocycles. The van der Waals surface area contributed by atoms with E-state index in [9.17, 15) is 0 Å². The molecular formula is C13H17N3O. The molecule has 0 bridgehead atoms. The van der Waals surface area contributed by atoms with Crippen LogP contribution in [-0.2, 0) is 19.7 Å². The van der Waals surface area contributed by atoms with Crippen LogP contribution in [0.4, 0.5) is 0 Å². The maximum atomic E-state index is 5.66. The summed E-state index contributed by atoms with van der Waals surface area (Å²) in [6.45, 7) is 4.04. The topological polar surface area (TPSA) is 53.1 Å². The van der Waals surface area contributed by atoms with Crippen LogP contribution in [0.1, 0.15) is 18.1 Å². The van der Waals surface area contributed by atoms with Gasteiger partial charge >= 0.3 is 0 Å². The normalized spacial score (nSPS) is 10.5. The van der Waals surface area contributed by atoms with Crippen molar-refractivity contribution in [3.8, 4) is 5.75 Å². The number of aromatic nitrogens is 2. The van der Waals surface area contributed by atoms with Gasteiger partial charge in [0.2, 0.25) is 0 Å². The largest absolute Gasteiger partial charge is 0.489 e. The van der Waals surface area contributed by atoms with Crippen LogP contribution in [0.5, 0.6) is 5.75 Å². The van der Waals surface area contributed by atoms with Crippen molar-refractivity contribution in [3.63, 3.8) is 0 Å². The Balaban J connectivity index is 1.92. The van der Waals surface area contributed by atoms with Crippen LogP contribution in [0.25, 0.3) is 0 Å². The number of nitrogens with two attached hydrogens (primary N) is 1. The average molecular weight is 231 g/mol. The lowest BCUT2D eigenvalue weighted by Gasteiger charge is -2.05. The first-order valence-corrected chi connectivity index (χ1v) is 5.75. The number of rotatable bonds is 5. The molecule has 0 fully saturated rings. The minimum atomic E-state index is 0.544. The number of hydrogen-bond donors (Lipinski definition) is 1. The van der Waals surface area contributed by atoms with E-state index < -0.39 is 0 Å². The first kappa shape index (κ1) is 11.7. The number of benzene rings is 1. The second-order valence-electron chi connectivity index (χ2n) is 3.84. The standard InChI is InChI=1S/C13H17N3O/c1-2-16-9-12(8-15-16)10-17-13-5-3-11(7-14)4-6-13/h3-6,8-9H,2,7,10,14H2,1H3. The van der Waals surface area contributed by atoms with Crippen molar-refractivity contribution in [2.75, 3.05) is 0 Å². The Morgan fingerprint density at radius 1 is 1.24 bits per heavy atom. The molecule has 90 valence electrons. The molecule has 17 heavy (non-hydrogen) atoms. The Hall–Kier alpha value is -1.81. The highest BCUT2D eigenvalue weighted by Crippen LogP contribution is 2.13. The smallest absolute Gasteiger partial charge is 0.119 e. The Morgan fingerprint density at radius 3 is 2.59 bits per heavy atom. The number of aryl methyl sites for hydroxylation is 1. The molecular weight excluding hydrogens is 214 g/mol. The van der Waals surface area contributed by atoms with Gasteiger partial charge in [0.05, 0.1) is 6.20 Å². The van der Waals surface area contributed by atoms with Gasteiger partial charge < -0.3 is 10.5 Å². The van der Waals surface area contributed by atoms with Gasteiger partial charge in [0, 0.05) is 24.8 Å². The molecule has 0 aliphatic heterocycles. The lowest BCUT2D eigenvalue weighted by molar-refractivity contribution is 0.306. The van der Waals surface area contributed by atoms with E-state index in [1.54, 1.807) is 0 Å². The van der Waals surface area contributed by atoms with Crippen molar-refractivity contribution in [2.24, 2.45) is 5.73 Å². The highest BCUT2D eigenvalue weighted by molar-refractivity contribution is 5.27. The van der Waals surface area contributed by atoms with Crippen LogP contribution in [0.15, 0.2) is 36.7 Å². The predicted molar refractivity (Wildman–Crippen MR) is 66.6 cm³/mol. The van der Waals surface area contributed by atoms with Crippen LogP contribution < -0.4 is 10.5 Å². The van der Waals surface area contributed by atoms with Crippen LogP contribution in [-0.4, -0.2) is 9.78 Å². The third kappa shape index (κ3) is 3.07. The summed E-state index contributed by atoms with van der Waals surface area (Å²) in [6, 6.07) is 7.83. The summed E-state index contributed by atoms with van der Waals surface area (Å²) in [5.74, 6) is 0.853. The molecule has 4 heteroatoms. The van der Waals surface area contributed by atoms with E-state index in [2.05, 4.69) is 12.0 Å². The maximum absolute atomic E-state index is 5.66.